The van der Waals surface area contributed by atoms with Gasteiger partial charge < -0.3 is 5.32 Å². The molecule has 2 aromatic carbocycles. The van der Waals surface area contributed by atoms with Crippen molar-refractivity contribution in [2.24, 2.45) is 0 Å². The van der Waals surface area contributed by atoms with Gasteiger partial charge in [-0.15, -0.1) is 0 Å². The van der Waals surface area contributed by atoms with Gasteiger partial charge >= 0.3 is 6.18 Å². The van der Waals surface area contributed by atoms with Crippen LogP contribution in [0.3, 0.4) is 0 Å². The third kappa shape index (κ3) is 3.97. The molecule has 26 heavy (non-hydrogen) atoms. The molecule has 3 rings (SSSR count). The number of amides is 1. The maximum absolute atomic E-state index is 13.0. The Kier molecular flexibility index (Phi) is 4.88. The van der Waals surface area contributed by atoms with Crippen LogP contribution in [-0.2, 0) is 6.18 Å². The van der Waals surface area contributed by atoms with Crippen LogP contribution < -0.4 is 5.32 Å². The van der Waals surface area contributed by atoms with Crippen LogP contribution >= 0.6 is 23.2 Å². The minimum atomic E-state index is -4.57. The maximum atomic E-state index is 13.0. The van der Waals surface area contributed by atoms with E-state index in [0.717, 1.165) is 12.1 Å². The lowest BCUT2D eigenvalue weighted by molar-refractivity contribution is -0.137. The van der Waals surface area contributed by atoms with Crippen molar-refractivity contribution in [1.29, 1.82) is 0 Å². The smallest absolute Gasteiger partial charge is 0.320 e. The molecule has 0 radical (unpaired) electrons. The molecule has 134 valence electrons. The van der Waals surface area contributed by atoms with E-state index < -0.39 is 17.6 Å². The summed E-state index contributed by atoms with van der Waals surface area (Å²) >= 11 is 11.7. The van der Waals surface area contributed by atoms with Gasteiger partial charge in [0.1, 0.15) is 12.7 Å². The second kappa shape index (κ2) is 6.97. The fourth-order valence-electron chi connectivity index (χ4n) is 2.22. The van der Waals surface area contributed by atoms with E-state index >= 15 is 0 Å². The number of nitrogens with zero attached hydrogens (tertiary/aromatic N) is 3. The zero-order valence-electron chi connectivity index (χ0n) is 12.8. The van der Waals surface area contributed by atoms with E-state index in [-0.39, 0.29) is 27.0 Å². The Balaban J connectivity index is 2.02. The second-order valence-electron chi connectivity index (χ2n) is 5.18. The Morgan fingerprint density at radius 3 is 2.35 bits per heavy atom. The lowest BCUT2D eigenvalue weighted by atomic mass is 10.1. The van der Waals surface area contributed by atoms with E-state index in [0.29, 0.717) is 0 Å². The first kappa shape index (κ1) is 18.2. The molecule has 0 aliphatic carbocycles. The Hall–Kier alpha value is -2.58. The van der Waals surface area contributed by atoms with E-state index in [9.17, 15) is 18.0 Å². The predicted molar refractivity (Wildman–Crippen MR) is 90.8 cm³/mol. The van der Waals surface area contributed by atoms with Gasteiger partial charge in [0.25, 0.3) is 5.91 Å². The van der Waals surface area contributed by atoms with Crippen LogP contribution in [0.2, 0.25) is 10.0 Å². The summed E-state index contributed by atoms with van der Waals surface area (Å²) < 4.78 is 40.3. The number of alkyl halides is 3. The van der Waals surface area contributed by atoms with Crippen LogP contribution in [0.4, 0.5) is 18.9 Å². The number of nitrogens with one attached hydrogen (secondary N) is 1. The first-order valence-corrected chi connectivity index (χ1v) is 7.83. The second-order valence-corrected chi connectivity index (χ2v) is 6.05. The van der Waals surface area contributed by atoms with Crippen LogP contribution in [0.1, 0.15) is 15.9 Å². The molecule has 0 spiro atoms. The Morgan fingerprint density at radius 1 is 1.08 bits per heavy atom. The third-order valence-corrected chi connectivity index (χ3v) is 3.80. The number of anilines is 1. The molecular weight excluding hydrogens is 392 g/mol. The van der Waals surface area contributed by atoms with Crippen molar-refractivity contribution < 1.29 is 18.0 Å². The standard InChI is InChI=1S/C16H9Cl2F3N4O/c17-11-3-9(4-12(18)6-11)15(26)24-13-5-10(16(19,20)21)1-2-14(13)25-8-22-7-23-25/h1-8H,(H,24,26). The fraction of sp³-hybridized carbons (Fsp3) is 0.0625. The van der Waals surface area contributed by atoms with Gasteiger partial charge in [-0.3, -0.25) is 4.79 Å². The highest BCUT2D eigenvalue weighted by Gasteiger charge is 2.31. The average Bonchev–Trinajstić information content (AvgIpc) is 3.07. The maximum Gasteiger partial charge on any atom is 0.416 e. The van der Waals surface area contributed by atoms with Crippen molar-refractivity contribution in [1.82, 2.24) is 14.8 Å². The monoisotopic (exact) mass is 400 g/mol. The first-order valence-electron chi connectivity index (χ1n) is 7.08. The van der Waals surface area contributed by atoms with Crippen molar-refractivity contribution >= 4 is 34.8 Å². The van der Waals surface area contributed by atoms with Gasteiger partial charge in [-0.25, -0.2) is 9.67 Å². The summed E-state index contributed by atoms with van der Waals surface area (Å²) in [6.07, 6.45) is -2.05. The predicted octanol–water partition coefficient (Wildman–Crippen LogP) is 4.85. The summed E-state index contributed by atoms with van der Waals surface area (Å²) in [6.45, 7) is 0. The fourth-order valence-corrected chi connectivity index (χ4v) is 2.75. The molecule has 10 heteroatoms. The molecule has 0 aliphatic heterocycles. The van der Waals surface area contributed by atoms with Crippen molar-refractivity contribution in [3.8, 4) is 5.69 Å². The molecule has 0 saturated heterocycles. The average molecular weight is 401 g/mol. The van der Waals surface area contributed by atoms with Crippen LogP contribution in [0.15, 0.2) is 49.1 Å². The highest BCUT2D eigenvalue weighted by Crippen LogP contribution is 2.33. The summed E-state index contributed by atoms with van der Waals surface area (Å²) in [6, 6.07) is 7.05. The van der Waals surface area contributed by atoms with Crippen LogP contribution in [0.5, 0.6) is 0 Å². The first-order chi connectivity index (χ1) is 12.2. The number of carbonyl (C=O) groups is 1. The normalized spacial score (nSPS) is 11.4. The van der Waals surface area contributed by atoms with Crippen molar-refractivity contribution in [3.63, 3.8) is 0 Å². The van der Waals surface area contributed by atoms with E-state index in [2.05, 4.69) is 15.4 Å². The summed E-state index contributed by atoms with van der Waals surface area (Å²) in [5.41, 5.74) is -0.686. The molecule has 5 nitrogen and oxygen atoms in total. The minimum Gasteiger partial charge on any atom is -0.320 e. The molecule has 0 aliphatic rings. The topological polar surface area (TPSA) is 59.8 Å². The van der Waals surface area contributed by atoms with E-state index in [1.807, 2.05) is 0 Å². The zero-order valence-corrected chi connectivity index (χ0v) is 14.3. The molecule has 0 bridgehead atoms. The van der Waals surface area contributed by atoms with Crippen LogP contribution in [0, 0.1) is 0 Å². The van der Waals surface area contributed by atoms with Crippen molar-refractivity contribution in [2.45, 2.75) is 6.18 Å². The largest absolute Gasteiger partial charge is 0.416 e. The number of rotatable bonds is 3. The number of hydrogen-bond donors (Lipinski definition) is 1. The molecule has 0 atom stereocenters. The van der Waals surface area contributed by atoms with Gasteiger partial charge in [0.05, 0.1) is 16.9 Å². The van der Waals surface area contributed by atoms with Gasteiger partial charge in [0.2, 0.25) is 0 Å². The molecule has 0 unspecified atom stereocenters. The van der Waals surface area contributed by atoms with Gasteiger partial charge in [0.15, 0.2) is 0 Å². The number of halogens is 5. The summed E-state index contributed by atoms with van der Waals surface area (Å²) in [4.78, 5) is 16.2. The number of carbonyl (C=O) groups excluding carboxylic acids is 1. The number of hydrogen-bond acceptors (Lipinski definition) is 3. The van der Waals surface area contributed by atoms with Gasteiger partial charge in [-0.1, -0.05) is 23.2 Å². The Morgan fingerprint density at radius 2 is 1.77 bits per heavy atom. The van der Waals surface area contributed by atoms with Crippen LogP contribution in [-0.4, -0.2) is 20.7 Å². The van der Waals surface area contributed by atoms with E-state index in [4.69, 9.17) is 23.2 Å². The lowest BCUT2D eigenvalue weighted by Gasteiger charge is -2.14. The van der Waals surface area contributed by atoms with Gasteiger partial charge in [0, 0.05) is 15.6 Å². The van der Waals surface area contributed by atoms with Crippen molar-refractivity contribution in [3.05, 3.63) is 70.2 Å². The van der Waals surface area contributed by atoms with Crippen molar-refractivity contribution in [2.75, 3.05) is 5.32 Å². The molecule has 3 aromatic rings. The van der Waals surface area contributed by atoms with Gasteiger partial charge in [-0.2, -0.15) is 18.3 Å². The summed E-state index contributed by atoms with van der Waals surface area (Å²) in [5.74, 6) is -0.671. The number of aromatic nitrogens is 3. The minimum absolute atomic E-state index is 0.0913. The summed E-state index contributed by atoms with van der Waals surface area (Å²) in [7, 11) is 0. The van der Waals surface area contributed by atoms with E-state index in [1.54, 1.807) is 0 Å². The molecule has 0 saturated carbocycles. The summed E-state index contributed by atoms with van der Waals surface area (Å²) in [5, 5.41) is 6.77. The molecule has 1 aromatic heterocycles. The highest BCUT2D eigenvalue weighted by molar-refractivity contribution is 6.35. The molecule has 0 fully saturated rings. The third-order valence-electron chi connectivity index (χ3n) is 3.36. The Labute approximate surface area is 155 Å². The van der Waals surface area contributed by atoms with E-state index in [1.165, 1.54) is 41.6 Å². The quantitative estimate of drug-likeness (QED) is 0.683. The van der Waals surface area contributed by atoms with Gasteiger partial charge in [-0.05, 0) is 36.4 Å². The SMILES string of the molecule is O=C(Nc1cc(C(F)(F)F)ccc1-n1cncn1)c1cc(Cl)cc(Cl)c1. The number of benzene rings is 2. The van der Waals surface area contributed by atoms with Crippen LogP contribution in [0.25, 0.3) is 5.69 Å². The lowest BCUT2D eigenvalue weighted by Crippen LogP contribution is -2.15. The highest BCUT2D eigenvalue weighted by atomic mass is 35.5. The zero-order chi connectivity index (χ0) is 18.9. The molecule has 1 N–H and O–H groups in total. The molecular formula is C16H9Cl2F3N4O. The molecule has 1 heterocycles. The molecule has 1 amide bonds. The Bertz CT molecular complexity index is 938.